The highest BCUT2D eigenvalue weighted by molar-refractivity contribution is 14.2. The zero-order valence-corrected chi connectivity index (χ0v) is 13.4. The molecule has 2 nitrogen and oxygen atoms in total. The Bertz CT molecular complexity index is 446. The molecule has 1 fully saturated rings. The molecule has 0 heterocycles. The van der Waals surface area contributed by atoms with Crippen molar-refractivity contribution in [2.45, 2.75) is 31.6 Å². The van der Waals surface area contributed by atoms with E-state index in [1.807, 2.05) is 6.07 Å². The number of hydrogen-bond acceptors (Lipinski definition) is 3. The zero-order chi connectivity index (χ0) is 13.0. The number of nitrogens with zero attached hydrogens (tertiary/aromatic N) is 1. The van der Waals surface area contributed by atoms with Gasteiger partial charge < -0.3 is 0 Å². The van der Waals surface area contributed by atoms with Crippen molar-refractivity contribution in [1.29, 1.82) is 0 Å². The van der Waals surface area contributed by atoms with Gasteiger partial charge in [0, 0.05) is 36.0 Å². The number of rotatable bonds is 3. The molecule has 1 aliphatic carbocycles. The number of halogens is 3. The van der Waals surface area contributed by atoms with Crippen molar-refractivity contribution in [2.75, 3.05) is 0 Å². The number of benzene rings is 1. The summed E-state index contributed by atoms with van der Waals surface area (Å²) in [4.78, 5) is 2.91. The molecular formula is C12H13ClFIN2S. The van der Waals surface area contributed by atoms with Crippen molar-refractivity contribution in [3.05, 3.63) is 34.6 Å². The summed E-state index contributed by atoms with van der Waals surface area (Å²) < 4.78 is 13.1. The maximum Gasteiger partial charge on any atom is 0.141 e. The fourth-order valence-corrected chi connectivity index (χ4v) is 2.89. The summed E-state index contributed by atoms with van der Waals surface area (Å²) in [7, 11) is 1.47. The average Bonchev–Trinajstić information content (AvgIpc) is 2.40. The summed E-state index contributed by atoms with van der Waals surface area (Å²) in [5, 5.41) is 4.52. The molecule has 2 rings (SSSR count). The van der Waals surface area contributed by atoms with Crippen LogP contribution in [0.5, 0.6) is 0 Å². The molecule has 0 amide bonds. The first kappa shape index (κ1) is 14.4. The van der Waals surface area contributed by atoms with Gasteiger partial charge in [-0.05, 0) is 49.3 Å². The minimum absolute atomic E-state index is 0.218. The van der Waals surface area contributed by atoms with E-state index < -0.39 is 0 Å². The standard InChI is InChI=1S/C12H13ClFIN2S/c13-11-7-9(3-6-12(11)14)8-1-4-10(5-2-8)16-17-18-15/h3,6-8,17H,1-2,4-5H2. The molecular weight excluding hydrogens is 386 g/mol. The van der Waals surface area contributed by atoms with Crippen LogP contribution in [0.2, 0.25) is 5.02 Å². The summed E-state index contributed by atoms with van der Waals surface area (Å²) >= 11 is 7.97. The number of hydrogen-bond donors (Lipinski definition) is 1. The molecule has 6 heteroatoms. The third-order valence-electron chi connectivity index (χ3n) is 3.22. The summed E-state index contributed by atoms with van der Waals surface area (Å²) in [6.07, 6.45) is 4.08. The molecule has 0 radical (unpaired) electrons. The van der Waals surface area contributed by atoms with E-state index in [0.717, 1.165) is 31.2 Å². The Kier molecular flexibility index (Phi) is 5.56. The summed E-state index contributed by atoms with van der Waals surface area (Å²) in [5.74, 6) is 0.121. The highest BCUT2D eigenvalue weighted by atomic mass is 127. The SMILES string of the molecule is Fc1ccc(C2CCC(=NNSI)CC2)cc1Cl. The minimum Gasteiger partial charge on any atom is -0.242 e. The molecule has 1 N–H and O–H groups in total. The smallest absolute Gasteiger partial charge is 0.141 e. The van der Waals surface area contributed by atoms with Gasteiger partial charge in [-0.25, -0.2) is 9.22 Å². The third kappa shape index (κ3) is 3.74. The number of hydrazone groups is 1. The van der Waals surface area contributed by atoms with Crippen LogP contribution in [0.25, 0.3) is 0 Å². The van der Waals surface area contributed by atoms with Crippen molar-refractivity contribution < 1.29 is 4.39 Å². The van der Waals surface area contributed by atoms with Crippen LogP contribution in [0.4, 0.5) is 4.39 Å². The molecule has 1 saturated carbocycles. The van der Waals surface area contributed by atoms with Crippen molar-refractivity contribution in [1.82, 2.24) is 4.83 Å². The lowest BCUT2D eigenvalue weighted by Crippen LogP contribution is -2.14. The van der Waals surface area contributed by atoms with Crippen molar-refractivity contribution >= 4 is 47.6 Å². The molecule has 1 aromatic rings. The van der Waals surface area contributed by atoms with Crippen LogP contribution in [0.3, 0.4) is 0 Å². The first-order chi connectivity index (χ1) is 8.70. The highest BCUT2D eigenvalue weighted by Gasteiger charge is 2.20. The maximum atomic E-state index is 13.1. The van der Waals surface area contributed by atoms with Gasteiger partial charge in [0.25, 0.3) is 0 Å². The summed E-state index contributed by atoms with van der Waals surface area (Å²) in [5.41, 5.74) is 2.35. The van der Waals surface area contributed by atoms with Gasteiger partial charge in [0.1, 0.15) is 5.82 Å². The molecule has 0 unspecified atom stereocenters. The minimum atomic E-state index is -0.346. The van der Waals surface area contributed by atoms with Crippen LogP contribution >= 0.6 is 41.9 Å². The third-order valence-corrected chi connectivity index (χ3v) is 4.26. The first-order valence-electron chi connectivity index (χ1n) is 5.73. The van der Waals surface area contributed by atoms with Gasteiger partial charge in [0.05, 0.1) is 5.02 Å². The molecule has 0 atom stereocenters. The quantitative estimate of drug-likeness (QED) is 0.436. The Labute approximate surface area is 127 Å². The summed E-state index contributed by atoms with van der Waals surface area (Å²) in [6, 6.07) is 5.05. The lowest BCUT2D eigenvalue weighted by molar-refractivity contribution is 0.561. The predicted molar refractivity (Wildman–Crippen MR) is 84.8 cm³/mol. The second-order valence-electron chi connectivity index (χ2n) is 4.29. The Hall–Kier alpha value is -0.0100. The van der Waals surface area contributed by atoms with Gasteiger partial charge >= 0.3 is 0 Å². The Morgan fingerprint density at radius 3 is 2.72 bits per heavy atom. The molecule has 0 bridgehead atoms. The van der Waals surface area contributed by atoms with Crippen LogP contribution in [0, 0.1) is 5.82 Å². The molecule has 0 spiro atoms. The Morgan fingerprint density at radius 1 is 1.39 bits per heavy atom. The second kappa shape index (κ2) is 6.96. The van der Waals surface area contributed by atoms with Crippen molar-refractivity contribution in [2.24, 2.45) is 5.10 Å². The maximum absolute atomic E-state index is 13.1. The van der Waals surface area contributed by atoms with Crippen LogP contribution in [-0.4, -0.2) is 5.71 Å². The van der Waals surface area contributed by atoms with Gasteiger partial charge in [-0.1, -0.05) is 17.7 Å². The van der Waals surface area contributed by atoms with E-state index in [1.54, 1.807) is 6.07 Å². The molecule has 98 valence electrons. The fraction of sp³-hybridized carbons (Fsp3) is 0.417. The van der Waals surface area contributed by atoms with Crippen LogP contribution in [-0.2, 0) is 0 Å². The van der Waals surface area contributed by atoms with E-state index in [9.17, 15) is 4.39 Å². The lowest BCUT2D eigenvalue weighted by Gasteiger charge is -2.23. The van der Waals surface area contributed by atoms with Gasteiger partial charge in [-0.3, -0.25) is 0 Å². The molecule has 0 aromatic heterocycles. The normalized spacial score (nSPS) is 19.7. The van der Waals surface area contributed by atoms with Gasteiger partial charge in [-0.2, -0.15) is 5.10 Å². The highest BCUT2D eigenvalue weighted by Crippen LogP contribution is 2.33. The lowest BCUT2D eigenvalue weighted by atomic mass is 9.83. The molecule has 0 aliphatic heterocycles. The molecule has 1 aromatic carbocycles. The van der Waals surface area contributed by atoms with E-state index in [1.165, 1.54) is 20.9 Å². The van der Waals surface area contributed by atoms with Crippen LogP contribution in [0.1, 0.15) is 37.2 Å². The van der Waals surface area contributed by atoms with Crippen LogP contribution < -0.4 is 4.83 Å². The largest absolute Gasteiger partial charge is 0.242 e. The van der Waals surface area contributed by atoms with Crippen molar-refractivity contribution in [3.8, 4) is 0 Å². The van der Waals surface area contributed by atoms with E-state index in [2.05, 4.69) is 31.1 Å². The molecule has 1 aliphatic rings. The topological polar surface area (TPSA) is 24.4 Å². The van der Waals surface area contributed by atoms with Gasteiger partial charge in [0.2, 0.25) is 0 Å². The van der Waals surface area contributed by atoms with E-state index in [-0.39, 0.29) is 10.8 Å². The average molecular weight is 399 g/mol. The second-order valence-corrected chi connectivity index (χ2v) is 6.36. The summed E-state index contributed by atoms with van der Waals surface area (Å²) in [6.45, 7) is 0. The van der Waals surface area contributed by atoms with E-state index in [0.29, 0.717) is 5.92 Å². The predicted octanol–water partition coefficient (Wildman–Crippen LogP) is 5.08. The first-order valence-corrected chi connectivity index (χ1v) is 9.47. The van der Waals surface area contributed by atoms with Gasteiger partial charge in [0.15, 0.2) is 0 Å². The monoisotopic (exact) mass is 398 g/mol. The Morgan fingerprint density at radius 2 is 2.11 bits per heavy atom. The van der Waals surface area contributed by atoms with Gasteiger partial charge in [-0.15, -0.1) is 0 Å². The zero-order valence-electron chi connectivity index (χ0n) is 9.63. The Balaban J connectivity index is 1.99. The molecule has 0 saturated heterocycles. The van der Waals surface area contributed by atoms with E-state index >= 15 is 0 Å². The molecule has 18 heavy (non-hydrogen) atoms. The van der Waals surface area contributed by atoms with E-state index in [4.69, 9.17) is 11.6 Å². The number of nitrogens with one attached hydrogen (secondary N) is 1. The van der Waals surface area contributed by atoms with Crippen LogP contribution in [0.15, 0.2) is 23.3 Å². The van der Waals surface area contributed by atoms with Crippen molar-refractivity contribution in [3.63, 3.8) is 0 Å². The fourth-order valence-electron chi connectivity index (χ4n) is 2.24.